The van der Waals surface area contributed by atoms with E-state index in [0.29, 0.717) is 30.6 Å². The van der Waals surface area contributed by atoms with E-state index in [4.69, 9.17) is 4.98 Å². The van der Waals surface area contributed by atoms with Gasteiger partial charge in [0, 0.05) is 24.7 Å². The van der Waals surface area contributed by atoms with Gasteiger partial charge in [0.25, 0.3) is 0 Å². The Morgan fingerprint density at radius 1 is 1.07 bits per heavy atom. The number of aromatic nitrogens is 5. The fraction of sp³-hybridized carbons (Fsp3) is 0.217. The molecule has 0 radical (unpaired) electrons. The number of nitrogens with zero attached hydrogens (tertiary/aromatic N) is 5. The van der Waals surface area contributed by atoms with Crippen molar-refractivity contribution in [1.82, 2.24) is 19.2 Å². The predicted molar refractivity (Wildman–Crippen MR) is 112 cm³/mol. The van der Waals surface area contributed by atoms with E-state index in [2.05, 4.69) is 5.10 Å². The van der Waals surface area contributed by atoms with Crippen LogP contribution < -0.4 is 15.2 Å². The van der Waals surface area contributed by atoms with Crippen molar-refractivity contribution in [2.24, 2.45) is 7.05 Å². The molecule has 7 nitrogen and oxygen atoms in total. The van der Waals surface area contributed by atoms with Crippen molar-refractivity contribution in [3.05, 3.63) is 76.1 Å². The summed E-state index contributed by atoms with van der Waals surface area (Å²) >= 11 is 0. The number of hydrogen-bond donors (Lipinski definition) is 0. The van der Waals surface area contributed by atoms with Gasteiger partial charge in [0.15, 0.2) is 5.52 Å². The zero-order chi connectivity index (χ0) is 20.8. The highest BCUT2D eigenvalue weighted by atomic mass is 16.3. The highest BCUT2D eigenvalue weighted by molar-refractivity contribution is 6.04. The van der Waals surface area contributed by atoms with Gasteiger partial charge in [0.05, 0.1) is 17.6 Å². The van der Waals surface area contributed by atoms with Crippen LogP contribution in [0.25, 0.3) is 27.8 Å². The van der Waals surface area contributed by atoms with Crippen LogP contribution >= 0.6 is 0 Å². The third-order valence-electron chi connectivity index (χ3n) is 5.66. The standard InChI is InChI=1S/C23H21N5O2/c1-3-16-21(29)27(14-13-15-9-5-4-6-10-15)23-24-20-19(25-28(23)22(16)30)17-11-7-8-12-18(17)26(20)2/h4-12H,3,13-14H2,1-2H3. The summed E-state index contributed by atoms with van der Waals surface area (Å²) < 4.78 is 4.82. The fourth-order valence-corrected chi connectivity index (χ4v) is 4.05. The van der Waals surface area contributed by atoms with Gasteiger partial charge in [-0.2, -0.15) is 0 Å². The van der Waals surface area contributed by atoms with Gasteiger partial charge in [-0.15, -0.1) is 0 Å². The van der Waals surface area contributed by atoms with E-state index in [-0.39, 0.29) is 17.2 Å². The summed E-state index contributed by atoms with van der Waals surface area (Å²) in [5.41, 5.74) is 3.23. The molecule has 5 rings (SSSR count). The lowest BCUT2D eigenvalue weighted by atomic mass is 10.1. The lowest BCUT2D eigenvalue weighted by molar-refractivity contribution is -0.718. The average Bonchev–Trinajstić information content (AvgIpc) is 3.05. The molecule has 3 aromatic heterocycles. The number of fused-ring (bicyclic) bond motifs is 4. The molecule has 0 fully saturated rings. The van der Waals surface area contributed by atoms with Crippen molar-refractivity contribution in [3.63, 3.8) is 0 Å². The Kier molecular flexibility index (Phi) is 4.24. The second-order valence-corrected chi connectivity index (χ2v) is 7.40. The number of hydrogen-bond acceptors (Lipinski definition) is 4. The highest BCUT2D eigenvalue weighted by Gasteiger charge is 2.24. The summed E-state index contributed by atoms with van der Waals surface area (Å²) in [7, 11) is 1.92. The topological polar surface area (TPSA) is 79.1 Å². The summed E-state index contributed by atoms with van der Waals surface area (Å²) in [6.45, 7) is 2.24. The number of aryl methyl sites for hydroxylation is 3. The van der Waals surface area contributed by atoms with E-state index in [1.54, 1.807) is 4.57 Å². The minimum absolute atomic E-state index is 0.231. The van der Waals surface area contributed by atoms with Gasteiger partial charge in [-0.05, 0) is 23.0 Å². The molecule has 150 valence electrons. The van der Waals surface area contributed by atoms with Gasteiger partial charge >= 0.3 is 11.3 Å². The lowest BCUT2D eigenvalue weighted by Crippen LogP contribution is -2.46. The molecular weight excluding hydrogens is 378 g/mol. The molecule has 0 N–H and O–H groups in total. The molecule has 3 heterocycles. The van der Waals surface area contributed by atoms with Gasteiger partial charge in [-0.25, -0.2) is 9.36 Å². The van der Waals surface area contributed by atoms with Crippen LogP contribution in [0.2, 0.25) is 0 Å². The maximum absolute atomic E-state index is 13.1. The maximum Gasteiger partial charge on any atom is 0.427 e. The van der Waals surface area contributed by atoms with E-state index >= 15 is 0 Å². The molecule has 0 amide bonds. The van der Waals surface area contributed by atoms with Gasteiger partial charge in [0.1, 0.15) is 0 Å². The van der Waals surface area contributed by atoms with Crippen molar-refractivity contribution in [2.75, 3.05) is 0 Å². The Hall–Kier alpha value is -3.74. The van der Waals surface area contributed by atoms with E-state index in [1.165, 1.54) is 4.52 Å². The summed E-state index contributed by atoms with van der Waals surface area (Å²) in [4.78, 5) is 17.8. The first kappa shape index (κ1) is 18.3. The highest BCUT2D eigenvalue weighted by Crippen LogP contribution is 2.24. The van der Waals surface area contributed by atoms with Gasteiger partial charge in [-0.1, -0.05) is 65.1 Å². The fourth-order valence-electron chi connectivity index (χ4n) is 4.05. The first-order valence-electron chi connectivity index (χ1n) is 10.0. The second kappa shape index (κ2) is 6.95. The SMILES string of the molecule is CCc1c([O-])[n+](CCc2ccccc2)c2nc3c(nn2c1=O)c1ccccc1n3C. The first-order chi connectivity index (χ1) is 14.6. The monoisotopic (exact) mass is 399 g/mol. The molecule has 30 heavy (non-hydrogen) atoms. The van der Waals surface area contributed by atoms with Crippen molar-refractivity contribution in [3.8, 4) is 5.88 Å². The molecule has 0 unspecified atom stereocenters. The molecule has 0 bridgehead atoms. The Bertz CT molecular complexity index is 1470. The molecule has 5 aromatic rings. The normalized spacial score (nSPS) is 11.7. The molecule has 0 aliphatic rings. The van der Waals surface area contributed by atoms with Crippen molar-refractivity contribution < 1.29 is 9.67 Å². The summed E-state index contributed by atoms with van der Waals surface area (Å²) in [5.74, 6) is -0.0117. The third-order valence-corrected chi connectivity index (χ3v) is 5.66. The molecule has 7 heteroatoms. The molecule has 0 saturated heterocycles. The van der Waals surface area contributed by atoms with E-state index in [9.17, 15) is 9.90 Å². The molecule has 0 atom stereocenters. The summed E-state index contributed by atoms with van der Waals surface area (Å²) in [5, 5.41) is 18.7. The zero-order valence-corrected chi connectivity index (χ0v) is 16.9. The van der Waals surface area contributed by atoms with Gasteiger partial charge < -0.3 is 9.67 Å². The van der Waals surface area contributed by atoms with Crippen LogP contribution in [-0.2, 0) is 26.4 Å². The van der Waals surface area contributed by atoms with E-state index in [1.807, 2.05) is 73.1 Å². The smallest absolute Gasteiger partial charge is 0.427 e. The van der Waals surface area contributed by atoms with Crippen molar-refractivity contribution >= 4 is 27.8 Å². The zero-order valence-electron chi connectivity index (χ0n) is 16.9. The largest absolute Gasteiger partial charge is 0.848 e. The van der Waals surface area contributed by atoms with Gasteiger partial charge in [-0.3, -0.25) is 0 Å². The van der Waals surface area contributed by atoms with Crippen LogP contribution in [0.4, 0.5) is 0 Å². The number of benzene rings is 2. The maximum atomic E-state index is 13.1. The van der Waals surface area contributed by atoms with Gasteiger partial charge in [0.2, 0.25) is 5.65 Å². The molecule has 0 aliphatic heterocycles. The first-order valence-corrected chi connectivity index (χ1v) is 10.0. The van der Waals surface area contributed by atoms with Crippen LogP contribution in [0.5, 0.6) is 5.88 Å². The van der Waals surface area contributed by atoms with Crippen molar-refractivity contribution in [2.45, 2.75) is 26.3 Å². The second-order valence-electron chi connectivity index (χ2n) is 7.40. The van der Waals surface area contributed by atoms with E-state index in [0.717, 1.165) is 16.5 Å². The predicted octanol–water partition coefficient (Wildman–Crippen LogP) is 1.90. The minimum Gasteiger partial charge on any atom is -0.848 e. The number of rotatable bonds is 4. The molecule has 0 saturated carbocycles. The molecule has 2 aromatic carbocycles. The Labute approximate surface area is 172 Å². The van der Waals surface area contributed by atoms with Crippen LogP contribution in [0, 0.1) is 0 Å². The minimum atomic E-state index is -0.393. The lowest BCUT2D eigenvalue weighted by Gasteiger charge is -2.16. The Morgan fingerprint density at radius 2 is 1.80 bits per heavy atom. The van der Waals surface area contributed by atoms with E-state index < -0.39 is 5.56 Å². The summed E-state index contributed by atoms with van der Waals surface area (Å²) in [6, 6.07) is 17.8. The summed E-state index contributed by atoms with van der Waals surface area (Å²) in [6.07, 6.45) is 1.01. The Balaban J connectivity index is 1.81. The van der Waals surface area contributed by atoms with Crippen LogP contribution in [0.3, 0.4) is 0 Å². The van der Waals surface area contributed by atoms with Crippen molar-refractivity contribution in [1.29, 1.82) is 0 Å². The third kappa shape index (κ3) is 2.66. The average molecular weight is 399 g/mol. The van der Waals surface area contributed by atoms with Crippen LogP contribution in [0.15, 0.2) is 59.4 Å². The quantitative estimate of drug-likeness (QED) is 0.433. The van der Waals surface area contributed by atoms with Crippen LogP contribution in [-0.4, -0.2) is 19.2 Å². The Morgan fingerprint density at radius 3 is 2.57 bits per heavy atom. The molecular formula is C23H21N5O2. The molecule has 0 spiro atoms. The van der Waals surface area contributed by atoms with Crippen LogP contribution in [0.1, 0.15) is 18.1 Å². The molecule has 0 aliphatic carbocycles. The number of para-hydroxylation sites is 1.